The van der Waals surface area contributed by atoms with E-state index in [2.05, 4.69) is 16.4 Å². The average molecular weight is 319 g/mol. The summed E-state index contributed by atoms with van der Waals surface area (Å²) in [6, 6.07) is 16.9. The Hall–Kier alpha value is -3.26. The van der Waals surface area contributed by atoms with Gasteiger partial charge in [0.15, 0.2) is 0 Å². The number of carbonyl (C=O) groups excluding carboxylic acids is 1. The molecule has 5 heteroatoms. The molecule has 0 radical (unpaired) electrons. The standard InChI is InChI=1S/C19H17N3O2/c1-24-17-9-5-8-16-14(12-21-18(16)17)10-13(11-20)19(23)22-15-6-3-2-4-7-15/h2-9,12-13,21H,10H2,1H3,(H,22,23)/t13-/m0/s1. The predicted molar refractivity (Wildman–Crippen MR) is 92.7 cm³/mol. The molecule has 1 heterocycles. The molecule has 1 atom stereocenters. The number of methoxy groups -OCH3 is 1. The molecule has 5 nitrogen and oxygen atoms in total. The molecule has 0 fully saturated rings. The number of anilines is 1. The van der Waals surface area contributed by atoms with Gasteiger partial charge in [-0.2, -0.15) is 5.26 Å². The second kappa shape index (κ2) is 6.88. The summed E-state index contributed by atoms with van der Waals surface area (Å²) in [5.41, 5.74) is 2.47. The molecule has 0 saturated carbocycles. The maximum atomic E-state index is 12.4. The van der Waals surface area contributed by atoms with E-state index < -0.39 is 5.92 Å². The number of nitrogens with zero attached hydrogens (tertiary/aromatic N) is 1. The second-order valence-electron chi connectivity index (χ2n) is 5.44. The van der Waals surface area contributed by atoms with Gasteiger partial charge in [-0.15, -0.1) is 0 Å². The quantitative estimate of drug-likeness (QED) is 0.755. The molecule has 0 saturated heterocycles. The van der Waals surface area contributed by atoms with Gasteiger partial charge in [-0.3, -0.25) is 4.79 Å². The minimum Gasteiger partial charge on any atom is -0.495 e. The third-order valence-corrected chi connectivity index (χ3v) is 3.92. The minimum absolute atomic E-state index is 0.305. The van der Waals surface area contributed by atoms with E-state index in [0.717, 1.165) is 22.2 Å². The van der Waals surface area contributed by atoms with Gasteiger partial charge in [-0.05, 0) is 30.2 Å². The van der Waals surface area contributed by atoms with Crippen LogP contribution in [0.3, 0.4) is 0 Å². The summed E-state index contributed by atoms with van der Waals surface area (Å²) in [6.45, 7) is 0. The summed E-state index contributed by atoms with van der Waals surface area (Å²) in [7, 11) is 1.61. The Labute approximate surface area is 139 Å². The molecular weight excluding hydrogens is 302 g/mol. The fourth-order valence-electron chi connectivity index (χ4n) is 2.69. The first-order valence-corrected chi connectivity index (χ1v) is 7.61. The van der Waals surface area contributed by atoms with Crippen LogP contribution in [0.5, 0.6) is 5.75 Å². The van der Waals surface area contributed by atoms with Crippen molar-refractivity contribution in [3.05, 3.63) is 60.3 Å². The number of rotatable bonds is 5. The van der Waals surface area contributed by atoms with Crippen LogP contribution in [-0.2, 0) is 11.2 Å². The zero-order valence-electron chi connectivity index (χ0n) is 13.2. The van der Waals surface area contributed by atoms with E-state index in [9.17, 15) is 10.1 Å². The van der Waals surface area contributed by atoms with Crippen molar-refractivity contribution in [2.45, 2.75) is 6.42 Å². The van der Waals surface area contributed by atoms with E-state index in [1.165, 1.54) is 0 Å². The number of carbonyl (C=O) groups is 1. The number of ether oxygens (including phenoxy) is 1. The summed E-state index contributed by atoms with van der Waals surface area (Å²) in [4.78, 5) is 15.5. The van der Waals surface area contributed by atoms with Crippen LogP contribution in [0.2, 0.25) is 0 Å². The van der Waals surface area contributed by atoms with Gasteiger partial charge >= 0.3 is 0 Å². The molecular formula is C19H17N3O2. The van der Waals surface area contributed by atoms with E-state index in [1.54, 1.807) is 19.2 Å². The number of hydrogen-bond donors (Lipinski definition) is 2. The molecule has 0 bridgehead atoms. The Bertz CT molecular complexity index is 894. The third kappa shape index (κ3) is 3.08. The number of para-hydroxylation sites is 2. The molecule has 0 aliphatic carbocycles. The highest BCUT2D eigenvalue weighted by Crippen LogP contribution is 2.28. The van der Waals surface area contributed by atoms with Crippen molar-refractivity contribution in [1.82, 2.24) is 4.98 Å². The third-order valence-electron chi connectivity index (χ3n) is 3.92. The summed E-state index contributed by atoms with van der Waals surface area (Å²) >= 11 is 0. The van der Waals surface area contributed by atoms with E-state index in [4.69, 9.17) is 4.74 Å². The largest absolute Gasteiger partial charge is 0.495 e. The lowest BCUT2D eigenvalue weighted by atomic mass is 9.99. The number of H-pyrrole nitrogens is 1. The van der Waals surface area contributed by atoms with E-state index in [-0.39, 0.29) is 5.91 Å². The van der Waals surface area contributed by atoms with Crippen molar-refractivity contribution < 1.29 is 9.53 Å². The summed E-state index contributed by atoms with van der Waals surface area (Å²) in [5.74, 6) is -0.336. The number of nitrogens with one attached hydrogen (secondary N) is 2. The number of amides is 1. The van der Waals surface area contributed by atoms with Crippen molar-refractivity contribution in [3.8, 4) is 11.8 Å². The second-order valence-corrected chi connectivity index (χ2v) is 5.44. The number of hydrogen-bond acceptors (Lipinski definition) is 3. The molecule has 1 aromatic heterocycles. The lowest BCUT2D eigenvalue weighted by molar-refractivity contribution is -0.118. The van der Waals surface area contributed by atoms with Gasteiger partial charge in [0.1, 0.15) is 11.7 Å². The lowest BCUT2D eigenvalue weighted by Gasteiger charge is -2.10. The van der Waals surface area contributed by atoms with Crippen LogP contribution in [0.25, 0.3) is 10.9 Å². The summed E-state index contributed by atoms with van der Waals surface area (Å²) in [5, 5.41) is 13.1. The van der Waals surface area contributed by atoms with Crippen molar-refractivity contribution in [2.75, 3.05) is 12.4 Å². The van der Waals surface area contributed by atoms with Crippen molar-refractivity contribution in [1.29, 1.82) is 5.26 Å². The molecule has 0 unspecified atom stereocenters. The normalized spacial score (nSPS) is 11.7. The van der Waals surface area contributed by atoms with Gasteiger partial charge in [0.2, 0.25) is 5.91 Å². The van der Waals surface area contributed by atoms with Gasteiger partial charge in [0.25, 0.3) is 0 Å². The fraction of sp³-hybridized carbons (Fsp3) is 0.158. The molecule has 24 heavy (non-hydrogen) atoms. The van der Waals surface area contributed by atoms with Crippen LogP contribution in [-0.4, -0.2) is 18.0 Å². The summed E-state index contributed by atoms with van der Waals surface area (Å²) in [6.07, 6.45) is 2.16. The highest BCUT2D eigenvalue weighted by atomic mass is 16.5. The summed E-state index contributed by atoms with van der Waals surface area (Å²) < 4.78 is 5.32. The van der Waals surface area contributed by atoms with E-state index >= 15 is 0 Å². The number of aromatic nitrogens is 1. The highest BCUT2D eigenvalue weighted by Gasteiger charge is 2.20. The predicted octanol–water partition coefficient (Wildman–Crippen LogP) is 3.50. The van der Waals surface area contributed by atoms with E-state index in [1.807, 2.05) is 42.6 Å². The number of fused-ring (bicyclic) bond motifs is 1. The Morgan fingerprint density at radius 2 is 2.04 bits per heavy atom. The fourth-order valence-corrected chi connectivity index (χ4v) is 2.69. The zero-order chi connectivity index (χ0) is 16.9. The molecule has 3 aromatic rings. The number of nitriles is 1. The van der Waals surface area contributed by atoms with Crippen molar-refractivity contribution in [2.24, 2.45) is 5.92 Å². The first-order valence-electron chi connectivity index (χ1n) is 7.61. The maximum absolute atomic E-state index is 12.4. The topological polar surface area (TPSA) is 77.9 Å². The molecule has 0 spiro atoms. The number of aromatic amines is 1. The van der Waals surface area contributed by atoms with Crippen molar-refractivity contribution in [3.63, 3.8) is 0 Å². The molecule has 120 valence electrons. The van der Waals surface area contributed by atoms with Crippen LogP contribution >= 0.6 is 0 Å². The first-order chi connectivity index (χ1) is 11.7. The molecule has 1 amide bonds. The average Bonchev–Trinajstić information content (AvgIpc) is 3.03. The zero-order valence-corrected chi connectivity index (χ0v) is 13.2. The Morgan fingerprint density at radius 1 is 1.25 bits per heavy atom. The maximum Gasteiger partial charge on any atom is 0.242 e. The van der Waals surface area contributed by atoms with Crippen LogP contribution in [0.4, 0.5) is 5.69 Å². The van der Waals surface area contributed by atoms with Gasteiger partial charge < -0.3 is 15.0 Å². The Balaban J connectivity index is 1.81. The monoisotopic (exact) mass is 319 g/mol. The minimum atomic E-state index is -0.768. The lowest BCUT2D eigenvalue weighted by Crippen LogP contribution is -2.23. The Kier molecular flexibility index (Phi) is 4.48. The molecule has 2 aromatic carbocycles. The van der Waals surface area contributed by atoms with Gasteiger partial charge in [-0.25, -0.2) is 0 Å². The van der Waals surface area contributed by atoms with Gasteiger partial charge in [-0.1, -0.05) is 30.3 Å². The SMILES string of the molecule is COc1cccc2c(C[C@@H](C#N)C(=O)Nc3ccccc3)c[nH]c12. The van der Waals surface area contributed by atoms with Crippen LogP contribution in [0, 0.1) is 17.2 Å². The molecule has 3 rings (SSSR count). The first kappa shape index (κ1) is 15.6. The van der Waals surface area contributed by atoms with Crippen LogP contribution < -0.4 is 10.1 Å². The van der Waals surface area contributed by atoms with Crippen LogP contribution in [0.1, 0.15) is 5.56 Å². The smallest absolute Gasteiger partial charge is 0.242 e. The van der Waals surface area contributed by atoms with Crippen molar-refractivity contribution >= 4 is 22.5 Å². The van der Waals surface area contributed by atoms with Gasteiger partial charge in [0.05, 0.1) is 18.7 Å². The van der Waals surface area contributed by atoms with E-state index in [0.29, 0.717) is 12.1 Å². The Morgan fingerprint density at radius 3 is 2.75 bits per heavy atom. The molecule has 0 aliphatic rings. The number of benzene rings is 2. The van der Waals surface area contributed by atoms with Gasteiger partial charge in [0, 0.05) is 17.3 Å². The van der Waals surface area contributed by atoms with Crippen LogP contribution in [0.15, 0.2) is 54.7 Å². The molecule has 0 aliphatic heterocycles. The molecule has 2 N–H and O–H groups in total. The highest BCUT2D eigenvalue weighted by molar-refractivity contribution is 5.95.